The van der Waals surface area contributed by atoms with Gasteiger partial charge < -0.3 is 9.80 Å². The minimum Gasteiger partial charge on any atom is -0.342 e. The highest BCUT2D eigenvalue weighted by Crippen LogP contribution is 2.27. The minimum atomic E-state index is 0.592. The average Bonchev–Trinajstić information content (AvgIpc) is 2.72. The fourth-order valence-corrected chi connectivity index (χ4v) is 3.02. The highest BCUT2D eigenvalue weighted by Gasteiger charge is 2.26. The summed E-state index contributed by atoms with van der Waals surface area (Å²) < 4.78 is 0.764. The molecule has 1 aromatic heterocycles. The van der Waals surface area contributed by atoms with Crippen molar-refractivity contribution in [3.8, 4) is 0 Å². The summed E-state index contributed by atoms with van der Waals surface area (Å²) in [6, 6.07) is 0.592. The van der Waals surface area contributed by atoms with E-state index in [4.69, 9.17) is 12.2 Å². The predicted molar refractivity (Wildman–Crippen MR) is 66.2 cm³/mol. The van der Waals surface area contributed by atoms with Crippen molar-refractivity contribution >= 4 is 28.7 Å². The Morgan fingerprint density at radius 3 is 3.07 bits per heavy atom. The minimum absolute atomic E-state index is 0.592. The van der Waals surface area contributed by atoms with Gasteiger partial charge in [-0.15, -0.1) is 5.10 Å². The van der Waals surface area contributed by atoms with Crippen LogP contribution in [0.2, 0.25) is 0 Å². The van der Waals surface area contributed by atoms with Crippen LogP contribution < -0.4 is 4.90 Å². The molecule has 1 aliphatic rings. The molecule has 0 spiro atoms. The molecule has 1 unspecified atom stereocenters. The number of rotatable bonds is 3. The smallest absolute Gasteiger partial charge is 0.207 e. The van der Waals surface area contributed by atoms with Gasteiger partial charge in [0.2, 0.25) is 5.13 Å². The normalized spacial score (nSPS) is 21.5. The van der Waals surface area contributed by atoms with Crippen LogP contribution in [0.25, 0.3) is 0 Å². The summed E-state index contributed by atoms with van der Waals surface area (Å²) in [6.07, 6.45) is 2.51. The quantitative estimate of drug-likeness (QED) is 0.821. The molecule has 1 aliphatic heterocycles. The van der Waals surface area contributed by atoms with Crippen molar-refractivity contribution in [1.29, 1.82) is 0 Å². The van der Waals surface area contributed by atoms with E-state index >= 15 is 0 Å². The van der Waals surface area contributed by atoms with Crippen LogP contribution in [0.1, 0.15) is 12.8 Å². The number of nitrogens with zero attached hydrogens (tertiary/aromatic N) is 3. The van der Waals surface area contributed by atoms with Crippen LogP contribution in [-0.2, 0) is 0 Å². The number of aromatic amines is 1. The monoisotopic (exact) mass is 244 g/mol. The molecule has 0 aromatic carbocycles. The molecule has 15 heavy (non-hydrogen) atoms. The van der Waals surface area contributed by atoms with Crippen LogP contribution in [0.15, 0.2) is 0 Å². The zero-order valence-corrected chi connectivity index (χ0v) is 10.7. The highest BCUT2D eigenvalue weighted by atomic mass is 32.1. The molecule has 0 aliphatic carbocycles. The van der Waals surface area contributed by atoms with Gasteiger partial charge in [0.1, 0.15) is 0 Å². The highest BCUT2D eigenvalue weighted by molar-refractivity contribution is 7.73. The van der Waals surface area contributed by atoms with Crippen molar-refractivity contribution in [2.45, 2.75) is 18.9 Å². The van der Waals surface area contributed by atoms with Gasteiger partial charge >= 0.3 is 0 Å². The lowest BCUT2D eigenvalue weighted by molar-refractivity contribution is 0.372. The molecule has 1 aromatic rings. The molecule has 84 valence electrons. The van der Waals surface area contributed by atoms with Crippen molar-refractivity contribution in [2.24, 2.45) is 0 Å². The van der Waals surface area contributed by atoms with Gasteiger partial charge in [-0.05, 0) is 39.2 Å². The van der Waals surface area contributed by atoms with E-state index < -0.39 is 0 Å². The van der Waals surface area contributed by atoms with E-state index in [1.165, 1.54) is 12.8 Å². The number of H-pyrrole nitrogens is 1. The van der Waals surface area contributed by atoms with Crippen molar-refractivity contribution in [3.63, 3.8) is 0 Å². The first-order chi connectivity index (χ1) is 7.16. The van der Waals surface area contributed by atoms with Crippen LogP contribution in [0.3, 0.4) is 0 Å². The molecule has 4 nitrogen and oxygen atoms in total. The lowest BCUT2D eigenvalue weighted by atomic mass is 10.2. The van der Waals surface area contributed by atoms with Crippen LogP contribution >= 0.6 is 23.6 Å². The summed E-state index contributed by atoms with van der Waals surface area (Å²) in [6.45, 7) is 2.20. The van der Waals surface area contributed by atoms with E-state index in [-0.39, 0.29) is 0 Å². The maximum Gasteiger partial charge on any atom is 0.207 e. The van der Waals surface area contributed by atoms with Crippen molar-refractivity contribution in [3.05, 3.63) is 3.95 Å². The number of likely N-dealkylation sites (N-methyl/N-ethyl adjacent to an activating group) is 1. The molecule has 0 radical (unpaired) electrons. The second-order valence-electron chi connectivity index (χ2n) is 4.15. The van der Waals surface area contributed by atoms with E-state index in [0.717, 1.165) is 22.2 Å². The number of aromatic nitrogens is 2. The number of nitrogens with one attached hydrogen (secondary N) is 1. The van der Waals surface area contributed by atoms with Gasteiger partial charge in [-0.25, -0.2) is 0 Å². The third-order valence-corrected chi connectivity index (χ3v) is 3.75. The summed E-state index contributed by atoms with van der Waals surface area (Å²) in [7, 11) is 4.23. The topological polar surface area (TPSA) is 35.2 Å². The van der Waals surface area contributed by atoms with Crippen LogP contribution in [0, 0.1) is 3.95 Å². The molecule has 0 saturated carbocycles. The van der Waals surface area contributed by atoms with Crippen LogP contribution in [0.4, 0.5) is 5.13 Å². The zero-order valence-electron chi connectivity index (χ0n) is 9.06. The van der Waals surface area contributed by atoms with E-state index in [1.54, 1.807) is 11.3 Å². The molecule has 0 amide bonds. The maximum atomic E-state index is 5.06. The summed E-state index contributed by atoms with van der Waals surface area (Å²) in [4.78, 5) is 4.60. The molecule has 2 rings (SSSR count). The van der Waals surface area contributed by atoms with Gasteiger partial charge in [0.25, 0.3) is 0 Å². The third-order valence-electron chi connectivity index (χ3n) is 2.63. The lowest BCUT2D eigenvalue weighted by Crippen LogP contribution is -2.37. The Labute approximate surface area is 98.9 Å². The van der Waals surface area contributed by atoms with E-state index in [1.807, 2.05) is 0 Å². The van der Waals surface area contributed by atoms with Gasteiger partial charge in [0.05, 0.1) is 0 Å². The van der Waals surface area contributed by atoms with Crippen LogP contribution in [-0.4, -0.2) is 48.3 Å². The second-order valence-corrected chi connectivity index (χ2v) is 5.79. The Morgan fingerprint density at radius 1 is 1.67 bits per heavy atom. The first-order valence-corrected chi connectivity index (χ1v) is 6.36. The summed E-state index contributed by atoms with van der Waals surface area (Å²) in [5.41, 5.74) is 0. The largest absolute Gasteiger partial charge is 0.342 e. The first-order valence-electron chi connectivity index (χ1n) is 5.13. The Morgan fingerprint density at radius 2 is 2.47 bits per heavy atom. The Kier molecular flexibility index (Phi) is 3.38. The second kappa shape index (κ2) is 4.59. The van der Waals surface area contributed by atoms with Gasteiger partial charge in [-0.1, -0.05) is 11.3 Å². The Bertz CT molecular complexity index is 370. The van der Waals surface area contributed by atoms with Gasteiger partial charge in [-0.2, -0.15) is 0 Å². The predicted octanol–water partition coefficient (Wildman–Crippen LogP) is 1.73. The van der Waals surface area contributed by atoms with Crippen molar-refractivity contribution in [1.82, 2.24) is 15.1 Å². The molecule has 2 heterocycles. The average molecular weight is 244 g/mol. The first kappa shape index (κ1) is 11.0. The number of hydrogen-bond acceptors (Lipinski definition) is 5. The van der Waals surface area contributed by atoms with Gasteiger partial charge in [0.15, 0.2) is 3.95 Å². The number of anilines is 1. The Hall–Kier alpha value is -0.460. The third kappa shape index (κ3) is 2.56. The fourth-order valence-electron chi connectivity index (χ4n) is 2.04. The molecule has 1 N–H and O–H groups in total. The van der Waals surface area contributed by atoms with Crippen molar-refractivity contribution < 1.29 is 0 Å². The molecular weight excluding hydrogens is 228 g/mol. The molecule has 1 fully saturated rings. The standard InChI is InChI=1S/C9H16N4S2/c1-12(2)6-7-4-3-5-13(7)8-10-11-9(14)15-8/h7H,3-6H2,1-2H3,(H,11,14). The lowest BCUT2D eigenvalue weighted by Gasteiger charge is -2.26. The molecule has 6 heteroatoms. The van der Waals surface area contributed by atoms with E-state index in [2.05, 4.69) is 34.1 Å². The molecule has 1 atom stereocenters. The van der Waals surface area contributed by atoms with Crippen molar-refractivity contribution in [2.75, 3.05) is 32.1 Å². The SMILES string of the molecule is CN(C)CC1CCCN1c1n[nH]c(=S)s1. The number of hydrogen-bond donors (Lipinski definition) is 1. The fraction of sp³-hybridized carbons (Fsp3) is 0.778. The van der Waals surface area contributed by atoms with E-state index in [9.17, 15) is 0 Å². The Balaban J connectivity index is 2.11. The van der Waals surface area contributed by atoms with Crippen LogP contribution in [0.5, 0.6) is 0 Å². The molecule has 1 saturated heterocycles. The zero-order chi connectivity index (χ0) is 10.8. The maximum absolute atomic E-state index is 5.06. The summed E-state index contributed by atoms with van der Waals surface area (Å²) in [5.74, 6) is 0. The van der Waals surface area contributed by atoms with Gasteiger partial charge in [-0.3, -0.25) is 5.10 Å². The molecular formula is C9H16N4S2. The molecule has 0 bridgehead atoms. The van der Waals surface area contributed by atoms with E-state index in [0.29, 0.717) is 6.04 Å². The summed E-state index contributed by atoms with van der Waals surface area (Å²) >= 11 is 6.63. The van der Waals surface area contributed by atoms with Gasteiger partial charge in [0, 0.05) is 19.1 Å². The summed E-state index contributed by atoms with van der Waals surface area (Å²) in [5, 5.41) is 8.15.